The zero-order valence-electron chi connectivity index (χ0n) is 28.2. The van der Waals surface area contributed by atoms with Gasteiger partial charge >= 0.3 is 0 Å². The van der Waals surface area contributed by atoms with E-state index in [0.29, 0.717) is 12.8 Å². The van der Waals surface area contributed by atoms with Crippen LogP contribution in [0.2, 0.25) is 0 Å². The minimum absolute atomic E-state index is 0.380. The lowest BCUT2D eigenvalue weighted by Gasteiger charge is -2.22. The highest BCUT2D eigenvalue weighted by Gasteiger charge is 2.30. The van der Waals surface area contributed by atoms with E-state index in [1.54, 1.807) is 0 Å². The predicted molar refractivity (Wildman–Crippen MR) is 181 cm³/mol. The summed E-state index contributed by atoms with van der Waals surface area (Å²) in [6.07, 6.45) is 34.3. The highest BCUT2D eigenvalue weighted by atomic mass is 16.3. The fourth-order valence-corrected chi connectivity index (χ4v) is 6.14. The Kier molecular flexibility index (Phi) is 33.0. The van der Waals surface area contributed by atoms with Crippen molar-refractivity contribution in [3.8, 4) is 0 Å². The van der Waals surface area contributed by atoms with Crippen LogP contribution < -0.4 is 5.73 Å². The number of ketones is 1. The summed E-state index contributed by atoms with van der Waals surface area (Å²) in [5.74, 6) is -1.23. The van der Waals surface area contributed by atoms with Gasteiger partial charge in [0.1, 0.15) is 6.10 Å². The van der Waals surface area contributed by atoms with Crippen molar-refractivity contribution in [1.29, 1.82) is 0 Å². The third-order valence-corrected chi connectivity index (χ3v) is 9.14. The number of Topliss-reactive ketones (excluding diaryl/α,β-unsaturated/α-hetero) is 1. The molecule has 0 fully saturated rings. The molecule has 5 N–H and O–H groups in total. The van der Waals surface area contributed by atoms with Gasteiger partial charge in [-0.15, -0.1) is 0 Å². The minimum Gasteiger partial charge on any atom is -0.396 e. The Morgan fingerprint density at radius 2 is 0.810 bits per heavy atom. The van der Waals surface area contributed by atoms with Gasteiger partial charge in [-0.1, -0.05) is 180 Å². The number of carbonyl (C=O) groups excluding carboxylic acids is 1. The monoisotopic (exact) mass is 598 g/mol. The first-order valence-corrected chi connectivity index (χ1v) is 18.8. The molecule has 5 nitrogen and oxygen atoms in total. The quantitative estimate of drug-likeness (QED) is 0.0545. The van der Waals surface area contributed by atoms with Gasteiger partial charge < -0.3 is 21.1 Å². The maximum absolute atomic E-state index is 12.7. The maximum Gasteiger partial charge on any atom is 0.169 e. The first kappa shape index (κ1) is 41.5. The molecule has 0 saturated carbocycles. The molecular formula is C37H75NO4. The van der Waals surface area contributed by atoms with Crippen LogP contribution in [0.4, 0.5) is 0 Å². The van der Waals surface area contributed by atoms with Crippen LogP contribution in [-0.4, -0.2) is 46.5 Å². The smallest absolute Gasteiger partial charge is 0.169 e. The van der Waals surface area contributed by atoms with E-state index in [4.69, 9.17) is 5.73 Å². The van der Waals surface area contributed by atoms with Gasteiger partial charge in [0.2, 0.25) is 0 Å². The van der Waals surface area contributed by atoms with E-state index in [1.165, 1.54) is 135 Å². The van der Waals surface area contributed by atoms with E-state index in [2.05, 4.69) is 6.92 Å². The highest BCUT2D eigenvalue weighted by molar-refractivity contribution is 5.85. The second kappa shape index (κ2) is 33.4. The van der Waals surface area contributed by atoms with Gasteiger partial charge in [0.05, 0.1) is 18.6 Å². The molecule has 252 valence electrons. The van der Waals surface area contributed by atoms with Crippen molar-refractivity contribution in [1.82, 2.24) is 0 Å². The lowest BCUT2D eigenvalue weighted by Crippen LogP contribution is -2.38. The molecule has 42 heavy (non-hydrogen) atoms. The fourth-order valence-electron chi connectivity index (χ4n) is 6.14. The number of rotatable bonds is 35. The van der Waals surface area contributed by atoms with E-state index >= 15 is 0 Å². The van der Waals surface area contributed by atoms with E-state index in [1.807, 2.05) is 0 Å². The van der Waals surface area contributed by atoms with Crippen molar-refractivity contribution < 1.29 is 20.1 Å². The molecule has 0 saturated heterocycles. The molecule has 0 radical (unpaired) electrons. The Balaban J connectivity index is 3.66. The topological polar surface area (TPSA) is 104 Å². The van der Waals surface area contributed by atoms with Gasteiger partial charge in [0.15, 0.2) is 5.78 Å². The molecule has 0 bridgehead atoms. The fraction of sp³-hybridized carbons (Fsp3) is 0.973. The lowest BCUT2D eigenvalue weighted by molar-refractivity contribution is -0.137. The van der Waals surface area contributed by atoms with Crippen LogP contribution in [0.1, 0.15) is 200 Å². The number of aliphatic hydroxyl groups is 3. The van der Waals surface area contributed by atoms with Crippen molar-refractivity contribution in [3.63, 3.8) is 0 Å². The molecule has 0 amide bonds. The van der Waals surface area contributed by atoms with E-state index in [0.717, 1.165) is 51.5 Å². The first-order valence-electron chi connectivity index (χ1n) is 18.8. The van der Waals surface area contributed by atoms with E-state index < -0.39 is 18.1 Å². The van der Waals surface area contributed by atoms with Crippen LogP contribution in [0.25, 0.3) is 0 Å². The lowest BCUT2D eigenvalue weighted by atomic mass is 9.89. The molecule has 0 spiro atoms. The number of aliphatic hydroxyl groups excluding tert-OH is 3. The molecule has 3 atom stereocenters. The standard InChI is InChI=1S/C37H75NO4/c1-2-3-4-5-6-7-8-9-10-12-16-19-22-25-28-31-36(41)37(42)34(33-39)35(40)30-27-24-21-18-15-13-11-14-17-20-23-26-29-32-38/h34-36,39-41H,2-33,38H2,1H3/t34?,35-,36+/m1/s1. The summed E-state index contributed by atoms with van der Waals surface area (Å²) in [6.45, 7) is 2.70. The summed E-state index contributed by atoms with van der Waals surface area (Å²) in [5.41, 5.74) is 5.53. The van der Waals surface area contributed by atoms with Crippen LogP contribution in [-0.2, 0) is 4.79 Å². The van der Waals surface area contributed by atoms with Gasteiger partial charge in [-0.05, 0) is 25.8 Å². The first-order chi connectivity index (χ1) is 20.6. The number of hydrogen-bond donors (Lipinski definition) is 4. The Morgan fingerprint density at radius 1 is 0.500 bits per heavy atom. The van der Waals surface area contributed by atoms with Crippen LogP contribution in [0.3, 0.4) is 0 Å². The van der Waals surface area contributed by atoms with Gasteiger partial charge in [-0.25, -0.2) is 0 Å². The van der Waals surface area contributed by atoms with Crippen LogP contribution in [0, 0.1) is 5.92 Å². The second-order valence-corrected chi connectivity index (χ2v) is 13.2. The summed E-state index contributed by atoms with van der Waals surface area (Å²) >= 11 is 0. The van der Waals surface area contributed by atoms with Crippen molar-refractivity contribution >= 4 is 5.78 Å². The van der Waals surface area contributed by atoms with Crippen molar-refractivity contribution in [2.24, 2.45) is 11.7 Å². The molecule has 0 heterocycles. The molecule has 5 heteroatoms. The molecule has 0 aliphatic carbocycles. The maximum atomic E-state index is 12.7. The normalized spacial score (nSPS) is 13.8. The van der Waals surface area contributed by atoms with E-state index in [9.17, 15) is 20.1 Å². The Bertz CT molecular complexity index is 544. The molecule has 0 aliphatic heterocycles. The van der Waals surface area contributed by atoms with Crippen LogP contribution in [0.5, 0.6) is 0 Å². The number of unbranched alkanes of at least 4 members (excludes halogenated alkanes) is 26. The number of hydrogen-bond acceptors (Lipinski definition) is 5. The number of carbonyl (C=O) groups is 1. The molecule has 0 aromatic rings. The summed E-state index contributed by atoms with van der Waals surface area (Å²) in [4.78, 5) is 12.7. The number of nitrogens with two attached hydrogens (primary N) is 1. The molecule has 0 aliphatic rings. The molecule has 1 unspecified atom stereocenters. The second-order valence-electron chi connectivity index (χ2n) is 13.2. The third kappa shape index (κ3) is 27.1. The minimum atomic E-state index is -1.07. The summed E-state index contributed by atoms with van der Waals surface area (Å²) in [7, 11) is 0. The summed E-state index contributed by atoms with van der Waals surface area (Å²) in [5, 5.41) is 30.7. The van der Waals surface area contributed by atoms with Gasteiger partial charge in [0, 0.05) is 0 Å². The molecule has 0 rings (SSSR count). The molecule has 0 aromatic heterocycles. The molecule has 0 aromatic carbocycles. The average Bonchev–Trinajstić information content (AvgIpc) is 2.99. The molecular weight excluding hydrogens is 522 g/mol. The Hall–Kier alpha value is -0.490. The SMILES string of the molecule is CCCCCCCCCCCCCCCCC[C@H](O)C(=O)C(CO)[C@H](O)CCCCCCCCCCCCCCCN. The Morgan fingerprint density at radius 3 is 1.14 bits per heavy atom. The predicted octanol–water partition coefficient (Wildman–Crippen LogP) is 9.57. The van der Waals surface area contributed by atoms with Crippen LogP contribution in [0.15, 0.2) is 0 Å². The van der Waals surface area contributed by atoms with Crippen molar-refractivity contribution in [2.75, 3.05) is 13.2 Å². The zero-order chi connectivity index (χ0) is 30.9. The summed E-state index contributed by atoms with van der Waals surface area (Å²) in [6, 6.07) is 0. The Labute approximate surface area is 262 Å². The van der Waals surface area contributed by atoms with E-state index in [-0.39, 0.29) is 12.4 Å². The summed E-state index contributed by atoms with van der Waals surface area (Å²) < 4.78 is 0. The van der Waals surface area contributed by atoms with Gasteiger partial charge in [0.25, 0.3) is 0 Å². The zero-order valence-corrected chi connectivity index (χ0v) is 28.2. The highest BCUT2D eigenvalue weighted by Crippen LogP contribution is 2.19. The average molecular weight is 598 g/mol. The van der Waals surface area contributed by atoms with Crippen LogP contribution >= 0.6 is 0 Å². The van der Waals surface area contributed by atoms with Crippen molar-refractivity contribution in [3.05, 3.63) is 0 Å². The third-order valence-electron chi connectivity index (χ3n) is 9.14. The van der Waals surface area contributed by atoms with Crippen molar-refractivity contribution in [2.45, 2.75) is 212 Å². The van der Waals surface area contributed by atoms with Gasteiger partial charge in [-0.2, -0.15) is 0 Å². The van der Waals surface area contributed by atoms with Gasteiger partial charge in [-0.3, -0.25) is 4.79 Å². The largest absolute Gasteiger partial charge is 0.396 e.